The third-order valence-electron chi connectivity index (χ3n) is 4.90. The predicted molar refractivity (Wildman–Crippen MR) is 115 cm³/mol. The van der Waals surface area contributed by atoms with Gasteiger partial charge in [-0.2, -0.15) is 0 Å². The van der Waals surface area contributed by atoms with Gasteiger partial charge in [0.05, 0.1) is 19.0 Å². The van der Waals surface area contributed by atoms with Gasteiger partial charge >= 0.3 is 0 Å². The molecule has 0 amide bonds. The first-order chi connectivity index (χ1) is 13.8. The van der Waals surface area contributed by atoms with Gasteiger partial charge in [0.25, 0.3) is 0 Å². The van der Waals surface area contributed by atoms with E-state index < -0.39 is 0 Å². The largest absolute Gasteiger partial charge is 0.372 e. The van der Waals surface area contributed by atoms with Gasteiger partial charge in [-0.15, -0.1) is 0 Å². The molecule has 154 valence electrons. The Balaban J connectivity index is 1.68. The van der Waals surface area contributed by atoms with Crippen molar-refractivity contribution in [1.29, 1.82) is 0 Å². The van der Waals surface area contributed by atoms with E-state index in [9.17, 15) is 4.39 Å². The standard InChI is InChI=1S/C24H35FN2O/c1-2-3-4-5-6-7-8-9-10-19-28-24(20-27-18-17-26-21-27)16-13-22-11-14-23(25)15-12-22/h11-18,21,24H,2-10,19-20H2,1H3/b16-13+. The van der Waals surface area contributed by atoms with Crippen molar-refractivity contribution in [2.24, 2.45) is 0 Å². The lowest BCUT2D eigenvalue weighted by Crippen LogP contribution is -2.18. The molecule has 0 aliphatic carbocycles. The SMILES string of the molecule is CCCCCCCCCCCOC(/C=C/c1ccc(F)cc1)Cn1ccnc1. The molecule has 4 heteroatoms. The minimum atomic E-state index is -0.214. The van der Waals surface area contributed by atoms with E-state index in [2.05, 4.69) is 18.0 Å². The summed E-state index contributed by atoms with van der Waals surface area (Å²) in [7, 11) is 0. The van der Waals surface area contributed by atoms with Gasteiger partial charge in [-0.3, -0.25) is 0 Å². The molecule has 0 radical (unpaired) electrons. The topological polar surface area (TPSA) is 27.1 Å². The summed E-state index contributed by atoms with van der Waals surface area (Å²) in [5, 5.41) is 0. The van der Waals surface area contributed by atoms with Gasteiger partial charge < -0.3 is 9.30 Å². The van der Waals surface area contributed by atoms with Crippen molar-refractivity contribution >= 4 is 6.08 Å². The van der Waals surface area contributed by atoms with Gasteiger partial charge in [0, 0.05) is 19.0 Å². The highest BCUT2D eigenvalue weighted by atomic mass is 19.1. The van der Waals surface area contributed by atoms with Crippen LogP contribution in [-0.4, -0.2) is 22.3 Å². The molecule has 28 heavy (non-hydrogen) atoms. The number of hydrogen-bond acceptors (Lipinski definition) is 2. The van der Waals surface area contributed by atoms with Gasteiger partial charge in [-0.25, -0.2) is 9.37 Å². The quantitative estimate of drug-likeness (QED) is 0.320. The highest BCUT2D eigenvalue weighted by molar-refractivity contribution is 5.49. The second-order valence-electron chi connectivity index (χ2n) is 7.41. The molecular weight excluding hydrogens is 351 g/mol. The molecule has 2 aromatic rings. The van der Waals surface area contributed by atoms with Crippen LogP contribution in [0.1, 0.15) is 70.3 Å². The van der Waals surface area contributed by atoms with Gasteiger partial charge in [0.2, 0.25) is 0 Å². The van der Waals surface area contributed by atoms with Crippen LogP contribution in [0.25, 0.3) is 6.08 Å². The maximum atomic E-state index is 13.0. The van der Waals surface area contributed by atoms with Crippen molar-refractivity contribution in [3.8, 4) is 0 Å². The predicted octanol–water partition coefficient (Wildman–Crippen LogP) is 6.65. The Morgan fingerprint density at radius 2 is 1.68 bits per heavy atom. The molecule has 1 atom stereocenters. The summed E-state index contributed by atoms with van der Waals surface area (Å²) in [5.41, 5.74) is 0.976. The van der Waals surface area contributed by atoms with Crippen molar-refractivity contribution in [2.45, 2.75) is 77.4 Å². The molecule has 0 saturated heterocycles. The van der Waals surface area contributed by atoms with Crippen LogP contribution in [-0.2, 0) is 11.3 Å². The number of aromatic nitrogens is 2. The van der Waals surface area contributed by atoms with Crippen LogP contribution in [0, 0.1) is 5.82 Å². The molecule has 3 nitrogen and oxygen atoms in total. The van der Waals surface area contributed by atoms with Crippen molar-refractivity contribution in [1.82, 2.24) is 9.55 Å². The lowest BCUT2D eigenvalue weighted by molar-refractivity contribution is 0.0710. The average molecular weight is 387 g/mol. The summed E-state index contributed by atoms with van der Waals surface area (Å²) >= 11 is 0. The van der Waals surface area contributed by atoms with E-state index in [0.717, 1.165) is 25.1 Å². The van der Waals surface area contributed by atoms with E-state index in [-0.39, 0.29) is 11.9 Å². The van der Waals surface area contributed by atoms with E-state index in [1.165, 1.54) is 63.5 Å². The zero-order valence-corrected chi connectivity index (χ0v) is 17.2. The van der Waals surface area contributed by atoms with E-state index >= 15 is 0 Å². The summed E-state index contributed by atoms with van der Waals surface area (Å²) in [5.74, 6) is -0.214. The average Bonchev–Trinajstić information content (AvgIpc) is 3.21. The van der Waals surface area contributed by atoms with Gasteiger partial charge in [-0.05, 0) is 24.1 Å². The van der Waals surface area contributed by atoms with Crippen LogP contribution >= 0.6 is 0 Å². The van der Waals surface area contributed by atoms with Crippen LogP contribution < -0.4 is 0 Å². The summed E-state index contributed by atoms with van der Waals surface area (Å²) in [6.07, 6.45) is 21.3. The molecule has 0 aliphatic heterocycles. The molecule has 0 saturated carbocycles. The Hall–Kier alpha value is -1.94. The van der Waals surface area contributed by atoms with Crippen molar-refractivity contribution in [3.05, 3.63) is 60.4 Å². The summed E-state index contributed by atoms with van der Waals surface area (Å²) in [6, 6.07) is 6.52. The number of rotatable bonds is 15. The molecule has 1 aromatic heterocycles. The number of ether oxygens (including phenoxy) is 1. The first-order valence-electron chi connectivity index (χ1n) is 10.8. The van der Waals surface area contributed by atoms with Crippen molar-refractivity contribution in [2.75, 3.05) is 6.61 Å². The molecule has 2 rings (SSSR count). The molecule has 0 spiro atoms. The first kappa shape index (κ1) is 22.4. The Morgan fingerprint density at radius 3 is 2.32 bits per heavy atom. The van der Waals surface area contributed by atoms with E-state index in [1.807, 2.05) is 16.8 Å². The molecule has 0 N–H and O–H groups in total. The van der Waals surface area contributed by atoms with E-state index in [4.69, 9.17) is 4.74 Å². The molecule has 1 aromatic carbocycles. The number of unbranched alkanes of at least 4 members (excludes halogenated alkanes) is 8. The molecule has 1 heterocycles. The van der Waals surface area contributed by atoms with Gasteiger partial charge in [0.1, 0.15) is 5.82 Å². The molecule has 0 bridgehead atoms. The van der Waals surface area contributed by atoms with Crippen LogP contribution in [0.5, 0.6) is 0 Å². The number of hydrogen-bond donors (Lipinski definition) is 0. The first-order valence-corrected chi connectivity index (χ1v) is 10.8. The fraction of sp³-hybridized carbons (Fsp3) is 0.542. The number of benzene rings is 1. The Morgan fingerprint density at radius 1 is 1.00 bits per heavy atom. The zero-order valence-electron chi connectivity index (χ0n) is 17.2. The fourth-order valence-corrected chi connectivity index (χ4v) is 3.21. The number of nitrogens with zero attached hydrogens (tertiary/aromatic N) is 2. The lowest BCUT2D eigenvalue weighted by atomic mass is 10.1. The molecular formula is C24H35FN2O. The second-order valence-corrected chi connectivity index (χ2v) is 7.41. The normalized spacial score (nSPS) is 12.6. The number of halogens is 1. The second kappa shape index (κ2) is 14.1. The third-order valence-corrected chi connectivity index (χ3v) is 4.90. The molecule has 0 aliphatic rings. The Bertz CT molecular complexity index is 637. The minimum absolute atomic E-state index is 0.0201. The van der Waals surface area contributed by atoms with E-state index in [0.29, 0.717) is 0 Å². The maximum Gasteiger partial charge on any atom is 0.123 e. The maximum absolute atomic E-state index is 13.0. The zero-order chi connectivity index (χ0) is 19.9. The summed E-state index contributed by atoms with van der Waals surface area (Å²) in [4.78, 5) is 4.10. The summed E-state index contributed by atoms with van der Waals surface area (Å²) in [6.45, 7) is 3.76. The molecule has 0 fully saturated rings. The molecule has 1 unspecified atom stereocenters. The van der Waals surface area contributed by atoms with Crippen LogP contribution in [0.4, 0.5) is 4.39 Å². The van der Waals surface area contributed by atoms with Crippen molar-refractivity contribution < 1.29 is 9.13 Å². The lowest BCUT2D eigenvalue weighted by Gasteiger charge is -2.15. The van der Waals surface area contributed by atoms with Crippen molar-refractivity contribution in [3.63, 3.8) is 0 Å². The van der Waals surface area contributed by atoms with Crippen LogP contribution in [0.15, 0.2) is 49.1 Å². The highest BCUT2D eigenvalue weighted by Gasteiger charge is 2.06. The van der Waals surface area contributed by atoms with Gasteiger partial charge in [0.15, 0.2) is 0 Å². The van der Waals surface area contributed by atoms with E-state index in [1.54, 1.807) is 24.7 Å². The Labute approximate surface area is 169 Å². The van der Waals surface area contributed by atoms with Gasteiger partial charge in [-0.1, -0.05) is 82.6 Å². The smallest absolute Gasteiger partial charge is 0.123 e. The Kier molecular flexibility index (Phi) is 11.3. The van der Waals surface area contributed by atoms with Crippen LogP contribution in [0.2, 0.25) is 0 Å². The van der Waals surface area contributed by atoms with Crippen LogP contribution in [0.3, 0.4) is 0 Å². The summed E-state index contributed by atoms with van der Waals surface area (Å²) < 4.78 is 21.2. The fourth-order valence-electron chi connectivity index (χ4n) is 3.21. The minimum Gasteiger partial charge on any atom is -0.372 e. The highest BCUT2D eigenvalue weighted by Crippen LogP contribution is 2.11. The number of imidazole rings is 1. The monoisotopic (exact) mass is 386 g/mol. The third kappa shape index (κ3) is 9.84.